The van der Waals surface area contributed by atoms with E-state index in [1.54, 1.807) is 17.7 Å². The molecule has 0 fully saturated rings. The van der Waals surface area contributed by atoms with Gasteiger partial charge in [-0.25, -0.2) is 9.97 Å². The molecule has 0 aliphatic rings. The minimum Gasteiger partial charge on any atom is -0.339 e. The molecule has 0 atom stereocenters. The van der Waals surface area contributed by atoms with Gasteiger partial charge in [-0.3, -0.25) is 0 Å². The van der Waals surface area contributed by atoms with Gasteiger partial charge in [0.25, 0.3) is 0 Å². The highest BCUT2D eigenvalue weighted by Gasteiger charge is 2.12. The molecular weight excluding hydrogens is 266 g/mol. The fourth-order valence-electron chi connectivity index (χ4n) is 2.36. The number of fused-ring (bicyclic) bond motifs is 1. The molecular formula is C16H17N3S. The van der Waals surface area contributed by atoms with Crippen molar-refractivity contribution in [1.29, 1.82) is 0 Å². The smallest absolute Gasteiger partial charge is 0.142 e. The molecule has 20 heavy (non-hydrogen) atoms. The van der Waals surface area contributed by atoms with Gasteiger partial charge in [-0.2, -0.15) is 0 Å². The molecule has 3 rings (SSSR count). The topological polar surface area (TPSA) is 37.8 Å². The second-order valence-corrected chi connectivity index (χ2v) is 6.33. The van der Waals surface area contributed by atoms with E-state index in [9.17, 15) is 0 Å². The molecule has 102 valence electrons. The molecule has 3 nitrogen and oxygen atoms in total. The van der Waals surface area contributed by atoms with Crippen LogP contribution in [0.15, 0.2) is 24.5 Å². The second kappa shape index (κ2) is 4.87. The summed E-state index contributed by atoms with van der Waals surface area (Å²) in [6.45, 7) is 8.47. The first-order valence-corrected chi connectivity index (χ1v) is 7.43. The first kappa shape index (κ1) is 13.1. The summed E-state index contributed by atoms with van der Waals surface area (Å²) in [5.74, 6) is 0.892. The minimum atomic E-state index is 0.892. The monoisotopic (exact) mass is 283 g/mol. The molecule has 2 heterocycles. The van der Waals surface area contributed by atoms with E-state index in [2.05, 4.69) is 61.2 Å². The Hall–Kier alpha value is -1.94. The predicted molar refractivity (Wildman–Crippen MR) is 86.1 cm³/mol. The van der Waals surface area contributed by atoms with Crippen molar-refractivity contribution in [3.8, 4) is 0 Å². The Labute approximate surface area is 122 Å². The van der Waals surface area contributed by atoms with Gasteiger partial charge in [-0.05, 0) is 44.9 Å². The van der Waals surface area contributed by atoms with E-state index >= 15 is 0 Å². The van der Waals surface area contributed by atoms with Crippen molar-refractivity contribution < 1.29 is 0 Å². The number of benzene rings is 1. The first-order chi connectivity index (χ1) is 9.56. The molecule has 0 saturated heterocycles. The lowest BCUT2D eigenvalue weighted by Gasteiger charge is -2.10. The number of hydrogen-bond donors (Lipinski definition) is 1. The first-order valence-electron chi connectivity index (χ1n) is 6.61. The molecule has 0 aliphatic carbocycles. The summed E-state index contributed by atoms with van der Waals surface area (Å²) in [4.78, 5) is 11.1. The molecule has 2 aromatic heterocycles. The van der Waals surface area contributed by atoms with E-state index in [-0.39, 0.29) is 0 Å². The van der Waals surface area contributed by atoms with Crippen LogP contribution in [0.2, 0.25) is 0 Å². The maximum atomic E-state index is 4.42. The van der Waals surface area contributed by atoms with Gasteiger partial charge in [0.2, 0.25) is 0 Å². The number of hydrogen-bond acceptors (Lipinski definition) is 4. The van der Waals surface area contributed by atoms with Crippen LogP contribution in [0.25, 0.3) is 10.2 Å². The van der Waals surface area contributed by atoms with Crippen molar-refractivity contribution in [3.05, 3.63) is 46.1 Å². The lowest BCUT2D eigenvalue weighted by Crippen LogP contribution is -1.97. The number of aromatic nitrogens is 2. The van der Waals surface area contributed by atoms with E-state index in [0.29, 0.717) is 0 Å². The quantitative estimate of drug-likeness (QED) is 0.742. The van der Waals surface area contributed by atoms with Crippen molar-refractivity contribution >= 4 is 33.1 Å². The summed E-state index contributed by atoms with van der Waals surface area (Å²) in [7, 11) is 0. The van der Waals surface area contributed by atoms with Gasteiger partial charge >= 0.3 is 0 Å². The number of thiophene rings is 1. The zero-order valence-electron chi connectivity index (χ0n) is 12.1. The summed E-state index contributed by atoms with van der Waals surface area (Å²) >= 11 is 1.72. The Balaban J connectivity index is 2.11. The van der Waals surface area contributed by atoms with Crippen molar-refractivity contribution in [2.75, 3.05) is 5.32 Å². The van der Waals surface area contributed by atoms with Crippen molar-refractivity contribution in [2.24, 2.45) is 0 Å². The highest BCUT2D eigenvalue weighted by molar-refractivity contribution is 7.18. The molecule has 0 unspecified atom stereocenters. The Morgan fingerprint density at radius 1 is 1.05 bits per heavy atom. The number of anilines is 2. The molecule has 0 aliphatic heterocycles. The van der Waals surface area contributed by atoms with Crippen molar-refractivity contribution in [2.45, 2.75) is 27.7 Å². The van der Waals surface area contributed by atoms with Gasteiger partial charge in [0.05, 0.1) is 5.39 Å². The van der Waals surface area contributed by atoms with Gasteiger partial charge in [0.15, 0.2) is 0 Å². The number of nitrogens with zero attached hydrogens (tertiary/aromatic N) is 2. The Morgan fingerprint density at radius 3 is 2.60 bits per heavy atom. The van der Waals surface area contributed by atoms with Crippen LogP contribution in [0.1, 0.15) is 21.6 Å². The van der Waals surface area contributed by atoms with Gasteiger partial charge < -0.3 is 5.32 Å². The van der Waals surface area contributed by atoms with Gasteiger partial charge in [-0.15, -0.1) is 11.3 Å². The molecule has 0 radical (unpaired) electrons. The molecule has 1 N–H and O–H groups in total. The Bertz CT molecular complexity index is 790. The van der Waals surface area contributed by atoms with E-state index in [0.717, 1.165) is 21.7 Å². The van der Waals surface area contributed by atoms with Crippen LogP contribution in [0.3, 0.4) is 0 Å². The molecule has 1 aromatic carbocycles. The zero-order chi connectivity index (χ0) is 14.3. The lowest BCUT2D eigenvalue weighted by molar-refractivity contribution is 1.22. The molecule has 3 aromatic rings. The minimum absolute atomic E-state index is 0.892. The van der Waals surface area contributed by atoms with E-state index in [1.165, 1.54) is 21.6 Å². The SMILES string of the molecule is Cc1ccc(Nc2ncnc3sc(C)c(C)c23)c(C)c1. The maximum Gasteiger partial charge on any atom is 0.142 e. The summed E-state index contributed by atoms with van der Waals surface area (Å²) in [5.41, 5.74) is 4.85. The van der Waals surface area contributed by atoms with Crippen molar-refractivity contribution in [3.63, 3.8) is 0 Å². The normalized spacial score (nSPS) is 11.0. The Kier molecular flexibility index (Phi) is 3.18. The average molecular weight is 283 g/mol. The third-order valence-electron chi connectivity index (χ3n) is 3.60. The molecule has 0 bridgehead atoms. The van der Waals surface area contributed by atoms with Gasteiger partial charge in [-0.1, -0.05) is 17.7 Å². The standard InChI is InChI=1S/C16H17N3S/c1-9-5-6-13(10(2)7-9)19-15-14-11(3)12(4)20-16(14)18-8-17-15/h5-8H,1-4H3,(H,17,18,19). The summed E-state index contributed by atoms with van der Waals surface area (Å²) in [6.07, 6.45) is 1.63. The third kappa shape index (κ3) is 2.16. The maximum absolute atomic E-state index is 4.42. The van der Waals surface area contributed by atoms with Crippen LogP contribution in [-0.4, -0.2) is 9.97 Å². The van der Waals surface area contributed by atoms with Crippen molar-refractivity contribution in [1.82, 2.24) is 9.97 Å². The van der Waals surface area contributed by atoms with E-state index in [1.807, 2.05) is 0 Å². The number of nitrogens with one attached hydrogen (secondary N) is 1. The summed E-state index contributed by atoms with van der Waals surface area (Å²) < 4.78 is 0. The fourth-order valence-corrected chi connectivity index (χ4v) is 3.36. The van der Waals surface area contributed by atoms with Gasteiger partial charge in [0, 0.05) is 10.6 Å². The van der Waals surface area contributed by atoms with Crippen LogP contribution in [0.4, 0.5) is 11.5 Å². The summed E-state index contributed by atoms with van der Waals surface area (Å²) in [6, 6.07) is 6.39. The molecule has 4 heteroatoms. The molecule has 0 saturated carbocycles. The molecule has 0 spiro atoms. The number of aryl methyl sites for hydroxylation is 4. The Morgan fingerprint density at radius 2 is 1.85 bits per heavy atom. The van der Waals surface area contributed by atoms with Crippen LogP contribution >= 0.6 is 11.3 Å². The lowest BCUT2D eigenvalue weighted by atomic mass is 10.1. The van der Waals surface area contributed by atoms with E-state index in [4.69, 9.17) is 0 Å². The largest absolute Gasteiger partial charge is 0.339 e. The highest BCUT2D eigenvalue weighted by Crippen LogP contribution is 2.34. The van der Waals surface area contributed by atoms with Gasteiger partial charge in [0.1, 0.15) is 17.0 Å². The summed E-state index contributed by atoms with van der Waals surface area (Å²) in [5, 5.41) is 4.59. The third-order valence-corrected chi connectivity index (χ3v) is 4.72. The fraction of sp³-hybridized carbons (Fsp3) is 0.250. The van der Waals surface area contributed by atoms with Crippen LogP contribution in [0.5, 0.6) is 0 Å². The number of rotatable bonds is 2. The van der Waals surface area contributed by atoms with Crippen LogP contribution < -0.4 is 5.32 Å². The molecule has 0 amide bonds. The predicted octanol–water partition coefficient (Wildman–Crippen LogP) is 4.67. The second-order valence-electron chi connectivity index (χ2n) is 5.13. The van der Waals surface area contributed by atoms with Crippen LogP contribution in [-0.2, 0) is 0 Å². The zero-order valence-corrected chi connectivity index (χ0v) is 12.9. The van der Waals surface area contributed by atoms with E-state index < -0.39 is 0 Å². The highest BCUT2D eigenvalue weighted by atomic mass is 32.1. The van der Waals surface area contributed by atoms with Crippen LogP contribution in [0, 0.1) is 27.7 Å². The average Bonchev–Trinajstić information content (AvgIpc) is 2.69.